The number of halogens is 6. The molecule has 0 spiro atoms. The van der Waals surface area contributed by atoms with Gasteiger partial charge in [-0.1, -0.05) is 0 Å². The first-order chi connectivity index (χ1) is 11.5. The molecule has 0 unspecified atom stereocenters. The summed E-state index contributed by atoms with van der Waals surface area (Å²) >= 11 is 0. The lowest BCUT2D eigenvalue weighted by Gasteiger charge is -2.34. The second-order valence-electron chi connectivity index (χ2n) is 5.08. The van der Waals surface area contributed by atoms with Crippen LogP contribution in [0, 0.1) is 6.92 Å². The van der Waals surface area contributed by atoms with E-state index in [-0.39, 0.29) is 0 Å². The molecule has 2 heterocycles. The number of rotatable bonds is 4. The van der Waals surface area contributed by atoms with E-state index in [4.69, 9.17) is 0 Å². The summed E-state index contributed by atoms with van der Waals surface area (Å²) in [6.45, 7) is 1.48. The smallest absolute Gasteiger partial charge is 0.459 e. The Hall–Kier alpha value is -2.72. The first kappa shape index (κ1) is 18.6. The van der Waals surface area contributed by atoms with Gasteiger partial charge in [0.25, 0.3) is 11.7 Å². The van der Waals surface area contributed by atoms with Crippen LogP contribution < -0.4 is 15.6 Å². The Morgan fingerprint density at radius 3 is 2.24 bits per heavy atom. The number of aromatic nitrogens is 1. The third-order valence-electron chi connectivity index (χ3n) is 3.18. The Labute approximate surface area is 137 Å². The van der Waals surface area contributed by atoms with Gasteiger partial charge in [-0.25, -0.2) is 10.3 Å². The molecule has 2 aromatic heterocycles. The number of amides is 1. The first-order valence-corrected chi connectivity index (χ1v) is 6.72. The topological polar surface area (TPSA) is 68.4 Å². The molecule has 3 N–H and O–H groups in total. The van der Waals surface area contributed by atoms with E-state index in [2.05, 4.69) is 9.40 Å². The van der Waals surface area contributed by atoms with Gasteiger partial charge in [-0.05, 0) is 30.7 Å². The predicted molar refractivity (Wildman–Crippen MR) is 72.4 cm³/mol. The van der Waals surface area contributed by atoms with Gasteiger partial charge in [0.2, 0.25) is 0 Å². The maximum Gasteiger partial charge on any atom is 0.462 e. The van der Waals surface area contributed by atoms with Crippen molar-refractivity contribution in [3.63, 3.8) is 0 Å². The van der Waals surface area contributed by atoms with E-state index in [0.29, 0.717) is 5.56 Å². The fourth-order valence-electron chi connectivity index (χ4n) is 1.97. The van der Waals surface area contributed by atoms with Gasteiger partial charge in [0.1, 0.15) is 0 Å². The summed E-state index contributed by atoms with van der Waals surface area (Å²) in [5.41, 5.74) is -4.33. The minimum absolute atomic E-state index is 0.400. The highest BCUT2D eigenvalue weighted by Gasteiger charge is 2.76. The number of hydrogen-bond acceptors (Lipinski definition) is 3. The lowest BCUT2D eigenvalue weighted by Crippen LogP contribution is -2.72. The van der Waals surface area contributed by atoms with Crippen molar-refractivity contribution in [1.29, 1.82) is 0 Å². The summed E-state index contributed by atoms with van der Waals surface area (Å²) in [6.07, 6.45) is -9.72. The average Bonchev–Trinajstić information content (AvgIpc) is 2.98. The summed E-state index contributed by atoms with van der Waals surface area (Å²) in [4.78, 5) is 14.0. The number of aromatic amines is 1. The number of carbonyl (C=O) groups excluding carboxylic acids is 1. The highest BCUT2D eigenvalue weighted by molar-refractivity contribution is 5.92. The number of nitrogens with one attached hydrogen (secondary N) is 3. The van der Waals surface area contributed by atoms with Crippen molar-refractivity contribution in [2.24, 2.45) is 0 Å². The van der Waals surface area contributed by atoms with Crippen LogP contribution in [-0.4, -0.2) is 23.9 Å². The van der Waals surface area contributed by atoms with Crippen LogP contribution in [0.2, 0.25) is 0 Å². The second-order valence-corrected chi connectivity index (χ2v) is 5.08. The van der Waals surface area contributed by atoms with Crippen LogP contribution in [-0.2, 0) is 0 Å². The molecule has 0 aliphatic rings. The number of furan rings is 1. The third-order valence-corrected chi connectivity index (χ3v) is 3.18. The number of pyridine rings is 1. The molecule has 5 nitrogen and oxygen atoms in total. The zero-order valence-electron chi connectivity index (χ0n) is 12.5. The van der Waals surface area contributed by atoms with Crippen LogP contribution in [0.5, 0.6) is 0 Å². The van der Waals surface area contributed by atoms with Crippen molar-refractivity contribution in [2.45, 2.75) is 24.9 Å². The third kappa shape index (κ3) is 3.69. The predicted octanol–water partition coefficient (Wildman–Crippen LogP) is 3.06. The monoisotopic (exact) mass is 368 g/mol. The van der Waals surface area contributed by atoms with Gasteiger partial charge in [-0.2, -0.15) is 26.3 Å². The van der Waals surface area contributed by atoms with Gasteiger partial charge in [0, 0.05) is 6.07 Å². The normalized spacial score (nSPS) is 12.8. The summed E-state index contributed by atoms with van der Waals surface area (Å²) in [5, 5.41) is 2.29. The van der Waals surface area contributed by atoms with Crippen LogP contribution in [0.25, 0.3) is 0 Å². The zero-order chi connectivity index (χ0) is 18.9. The van der Waals surface area contributed by atoms with Crippen molar-refractivity contribution in [3.05, 3.63) is 48.0 Å². The molecule has 11 heteroatoms. The minimum atomic E-state index is -5.91. The number of alkyl halides is 6. The fraction of sp³-hybridized carbons (Fsp3) is 0.286. The Kier molecular flexibility index (Phi) is 4.69. The van der Waals surface area contributed by atoms with Gasteiger partial charge in [-0.3, -0.25) is 10.1 Å². The molecule has 0 radical (unpaired) electrons. The fourth-order valence-corrected chi connectivity index (χ4v) is 1.97. The molecule has 0 saturated carbocycles. The lowest BCUT2D eigenvalue weighted by molar-refractivity contribution is -0.367. The molecule has 0 aromatic carbocycles. The van der Waals surface area contributed by atoms with Crippen molar-refractivity contribution in [1.82, 2.24) is 5.32 Å². The SMILES string of the molecule is Cc1cc[nH+]c(NC(NC(=O)c2ccco2)(C(F)(F)F)C(F)(F)F)c1. The van der Waals surface area contributed by atoms with E-state index in [1.54, 1.807) is 0 Å². The van der Waals surface area contributed by atoms with Gasteiger partial charge in [0.05, 0.1) is 12.5 Å². The number of aryl methyl sites for hydroxylation is 1. The minimum Gasteiger partial charge on any atom is -0.459 e. The van der Waals surface area contributed by atoms with Gasteiger partial charge >= 0.3 is 18.0 Å². The number of hydrogen-bond donors (Lipinski definition) is 2. The van der Waals surface area contributed by atoms with Crippen LogP contribution in [0.4, 0.5) is 32.2 Å². The zero-order valence-corrected chi connectivity index (χ0v) is 12.5. The van der Waals surface area contributed by atoms with Crippen molar-refractivity contribution >= 4 is 11.7 Å². The summed E-state index contributed by atoms with van der Waals surface area (Å²) < 4.78 is 85.1. The van der Waals surface area contributed by atoms with Crippen LogP contribution in [0.1, 0.15) is 16.1 Å². The van der Waals surface area contributed by atoms with Gasteiger partial charge < -0.3 is 4.42 Å². The number of H-pyrrole nitrogens is 1. The van der Waals surface area contributed by atoms with E-state index >= 15 is 0 Å². The maximum atomic E-state index is 13.4. The molecule has 0 aliphatic carbocycles. The largest absolute Gasteiger partial charge is 0.462 e. The molecule has 136 valence electrons. The summed E-state index contributed by atoms with van der Waals surface area (Å²) in [7, 11) is 0. The highest BCUT2D eigenvalue weighted by atomic mass is 19.4. The van der Waals surface area contributed by atoms with Crippen LogP contribution >= 0.6 is 0 Å². The molecule has 0 saturated heterocycles. The maximum absolute atomic E-state index is 13.4. The summed E-state index contributed by atoms with van der Waals surface area (Å²) in [5.74, 6) is -2.97. The molecule has 0 bridgehead atoms. The molecule has 25 heavy (non-hydrogen) atoms. The Morgan fingerprint density at radius 2 is 1.76 bits per heavy atom. The second kappa shape index (κ2) is 6.30. The molecule has 0 fully saturated rings. The molecule has 1 amide bonds. The molecule has 0 atom stereocenters. The molecular formula is C14H12F6N3O2+. The number of carbonyl (C=O) groups is 1. The molecule has 2 rings (SSSR count). The van der Waals surface area contributed by atoms with E-state index in [1.165, 1.54) is 18.3 Å². The van der Waals surface area contributed by atoms with E-state index in [0.717, 1.165) is 36.0 Å². The average molecular weight is 368 g/mol. The van der Waals surface area contributed by atoms with Crippen molar-refractivity contribution in [2.75, 3.05) is 5.32 Å². The van der Waals surface area contributed by atoms with E-state index in [9.17, 15) is 31.1 Å². The van der Waals surface area contributed by atoms with Crippen molar-refractivity contribution < 1.29 is 40.5 Å². The summed E-state index contributed by atoms with van der Waals surface area (Å²) in [6, 6.07) is 4.56. The standard InChI is InChI=1S/C14H11F6N3O2/c1-8-4-5-21-10(7-8)22-12(13(15,16)17,14(18,19)20)23-11(24)9-3-2-6-25-9/h2-7H,1H3,(H,21,22)(H,23,24)/p+1. The first-order valence-electron chi connectivity index (χ1n) is 6.72. The molecule has 2 aromatic rings. The van der Waals surface area contributed by atoms with E-state index in [1.807, 2.05) is 0 Å². The van der Waals surface area contributed by atoms with Crippen LogP contribution in [0.3, 0.4) is 0 Å². The lowest BCUT2D eigenvalue weighted by atomic mass is 10.1. The Morgan fingerprint density at radius 1 is 1.12 bits per heavy atom. The Balaban J connectivity index is 2.50. The Bertz CT molecular complexity index is 726. The highest BCUT2D eigenvalue weighted by Crippen LogP contribution is 2.43. The number of anilines is 1. The van der Waals surface area contributed by atoms with Crippen molar-refractivity contribution in [3.8, 4) is 0 Å². The van der Waals surface area contributed by atoms with Gasteiger partial charge in [0.15, 0.2) is 5.76 Å². The van der Waals surface area contributed by atoms with Crippen LogP contribution in [0.15, 0.2) is 41.1 Å². The van der Waals surface area contributed by atoms with E-state index < -0.39 is 35.5 Å². The molecule has 0 aliphatic heterocycles. The molecular weight excluding hydrogens is 356 g/mol. The quantitative estimate of drug-likeness (QED) is 0.644. The van der Waals surface area contributed by atoms with Gasteiger partial charge in [-0.15, -0.1) is 0 Å².